The summed E-state index contributed by atoms with van der Waals surface area (Å²) in [6.45, 7) is 7.32. The van der Waals surface area contributed by atoms with Gasteiger partial charge in [-0.05, 0) is 77.0 Å². The molecular weight excluding hydrogens is 398 g/mol. The molecule has 1 aliphatic rings. The Kier molecular flexibility index (Phi) is 7.46. The Morgan fingerprint density at radius 1 is 1.10 bits per heavy atom. The molecule has 2 aromatic rings. The van der Waals surface area contributed by atoms with Gasteiger partial charge in [0.1, 0.15) is 5.75 Å². The van der Waals surface area contributed by atoms with E-state index in [4.69, 9.17) is 9.47 Å². The van der Waals surface area contributed by atoms with Crippen LogP contribution in [0.5, 0.6) is 17.2 Å². The molecule has 166 valence electrons. The molecular formula is C23H29N3O5. The zero-order chi connectivity index (χ0) is 22.3. The molecule has 0 bridgehead atoms. The molecule has 31 heavy (non-hydrogen) atoms. The Labute approximate surface area is 182 Å². The molecule has 8 heteroatoms. The lowest BCUT2D eigenvalue weighted by Gasteiger charge is -2.26. The molecule has 0 atom stereocenters. The van der Waals surface area contributed by atoms with E-state index in [9.17, 15) is 14.9 Å². The van der Waals surface area contributed by atoms with E-state index >= 15 is 0 Å². The van der Waals surface area contributed by atoms with Crippen molar-refractivity contribution in [3.05, 3.63) is 58.6 Å². The van der Waals surface area contributed by atoms with Crippen LogP contribution in [-0.2, 0) is 4.79 Å². The Balaban J connectivity index is 1.57. The largest absolute Gasteiger partial charge is 0.474 e. The smallest absolute Gasteiger partial charge is 0.269 e. The maximum Gasteiger partial charge on any atom is 0.269 e. The summed E-state index contributed by atoms with van der Waals surface area (Å²) in [6.07, 6.45) is 3.42. The molecule has 0 saturated carbocycles. The van der Waals surface area contributed by atoms with Gasteiger partial charge in [0.15, 0.2) is 17.1 Å². The van der Waals surface area contributed by atoms with Gasteiger partial charge >= 0.3 is 0 Å². The standard InChI is InChI=1S/C23H29N3O5/c1-23(2,22(27)24-14-7-17-25-15-5-6-16-25)31-21-9-4-3-8-20(21)30-19-12-10-18(11-13-19)26(28)29/h3-4,8-13H,5-7,14-17H2,1-2H3,(H,24,27). The van der Waals surface area contributed by atoms with Crippen LogP contribution in [0.15, 0.2) is 48.5 Å². The summed E-state index contributed by atoms with van der Waals surface area (Å²) in [4.78, 5) is 25.4. The van der Waals surface area contributed by atoms with E-state index in [0.29, 0.717) is 23.8 Å². The van der Waals surface area contributed by atoms with Gasteiger partial charge in [-0.15, -0.1) is 0 Å². The lowest BCUT2D eigenvalue weighted by molar-refractivity contribution is -0.384. The fourth-order valence-electron chi connectivity index (χ4n) is 3.43. The van der Waals surface area contributed by atoms with Crippen molar-refractivity contribution in [3.63, 3.8) is 0 Å². The summed E-state index contributed by atoms with van der Waals surface area (Å²) in [7, 11) is 0. The maximum atomic E-state index is 12.7. The number of carbonyl (C=O) groups excluding carboxylic acids is 1. The molecule has 8 nitrogen and oxygen atoms in total. The number of hydrogen-bond donors (Lipinski definition) is 1. The first kappa shape index (κ1) is 22.6. The van der Waals surface area contributed by atoms with Crippen LogP contribution in [0.1, 0.15) is 33.1 Å². The van der Waals surface area contributed by atoms with Crippen molar-refractivity contribution in [2.75, 3.05) is 26.2 Å². The number of likely N-dealkylation sites (tertiary alicyclic amines) is 1. The Morgan fingerprint density at radius 3 is 2.39 bits per heavy atom. The number of hydrogen-bond acceptors (Lipinski definition) is 6. The van der Waals surface area contributed by atoms with Gasteiger partial charge in [-0.1, -0.05) is 12.1 Å². The number of non-ortho nitro benzene ring substituents is 1. The van der Waals surface area contributed by atoms with Crippen LogP contribution < -0.4 is 14.8 Å². The fourth-order valence-corrected chi connectivity index (χ4v) is 3.43. The first-order valence-electron chi connectivity index (χ1n) is 10.6. The minimum absolute atomic E-state index is 0.0144. The second-order valence-electron chi connectivity index (χ2n) is 8.07. The summed E-state index contributed by atoms with van der Waals surface area (Å²) < 4.78 is 11.8. The van der Waals surface area contributed by atoms with Crippen molar-refractivity contribution < 1.29 is 19.2 Å². The van der Waals surface area contributed by atoms with E-state index in [1.165, 1.54) is 37.1 Å². The molecule has 1 aliphatic heterocycles. The third kappa shape index (κ3) is 6.42. The third-order valence-electron chi connectivity index (χ3n) is 5.17. The lowest BCUT2D eigenvalue weighted by Crippen LogP contribution is -2.47. The van der Waals surface area contributed by atoms with Gasteiger partial charge < -0.3 is 19.7 Å². The highest BCUT2D eigenvalue weighted by atomic mass is 16.6. The molecule has 0 aliphatic carbocycles. The molecule has 1 saturated heterocycles. The number of nitrogens with one attached hydrogen (secondary N) is 1. The average Bonchev–Trinajstić information content (AvgIpc) is 3.26. The van der Waals surface area contributed by atoms with Crippen LogP contribution in [0.3, 0.4) is 0 Å². The van der Waals surface area contributed by atoms with E-state index in [1.54, 1.807) is 38.1 Å². The fraction of sp³-hybridized carbons (Fsp3) is 0.435. The van der Waals surface area contributed by atoms with Crippen LogP contribution in [0.4, 0.5) is 5.69 Å². The monoisotopic (exact) mass is 427 g/mol. The highest BCUT2D eigenvalue weighted by Crippen LogP contribution is 2.34. The summed E-state index contributed by atoms with van der Waals surface area (Å²) >= 11 is 0. The number of nitrogens with zero attached hydrogens (tertiary/aromatic N) is 2. The molecule has 0 unspecified atom stereocenters. The van der Waals surface area contributed by atoms with E-state index < -0.39 is 10.5 Å². The van der Waals surface area contributed by atoms with Gasteiger partial charge in [-0.25, -0.2) is 0 Å². The number of ether oxygens (including phenoxy) is 2. The minimum atomic E-state index is -1.09. The van der Waals surface area contributed by atoms with E-state index in [0.717, 1.165) is 26.1 Å². The summed E-state index contributed by atoms with van der Waals surface area (Å²) in [6, 6.07) is 12.8. The van der Waals surface area contributed by atoms with Gasteiger partial charge in [0, 0.05) is 18.7 Å². The molecule has 2 aromatic carbocycles. The van der Waals surface area contributed by atoms with Gasteiger partial charge in [0.25, 0.3) is 11.6 Å². The van der Waals surface area contributed by atoms with E-state index in [-0.39, 0.29) is 11.6 Å². The average molecular weight is 428 g/mol. The number of benzene rings is 2. The summed E-state index contributed by atoms with van der Waals surface area (Å²) in [5.74, 6) is 1.08. The van der Waals surface area contributed by atoms with Crippen molar-refractivity contribution in [3.8, 4) is 17.2 Å². The molecule has 1 heterocycles. The minimum Gasteiger partial charge on any atom is -0.474 e. The summed E-state index contributed by atoms with van der Waals surface area (Å²) in [5, 5.41) is 13.8. The van der Waals surface area contributed by atoms with Crippen LogP contribution in [0.2, 0.25) is 0 Å². The highest BCUT2D eigenvalue weighted by Gasteiger charge is 2.30. The Morgan fingerprint density at radius 2 is 1.74 bits per heavy atom. The van der Waals surface area contributed by atoms with E-state index in [1.807, 2.05) is 0 Å². The third-order valence-corrected chi connectivity index (χ3v) is 5.17. The number of amides is 1. The zero-order valence-corrected chi connectivity index (χ0v) is 18.0. The molecule has 3 rings (SSSR count). The van der Waals surface area contributed by atoms with Gasteiger partial charge in [-0.3, -0.25) is 14.9 Å². The summed E-state index contributed by atoms with van der Waals surface area (Å²) in [5.41, 5.74) is -1.11. The first-order chi connectivity index (χ1) is 14.8. The Hall–Kier alpha value is -3.13. The van der Waals surface area contributed by atoms with Crippen LogP contribution >= 0.6 is 0 Å². The molecule has 0 aromatic heterocycles. The van der Waals surface area contributed by atoms with Gasteiger partial charge in [0.2, 0.25) is 0 Å². The number of nitro benzene ring substituents is 1. The SMILES string of the molecule is CC(C)(Oc1ccccc1Oc1ccc([N+](=O)[O-])cc1)C(=O)NCCCN1CCCC1. The van der Waals surface area contributed by atoms with Crippen molar-refractivity contribution in [1.29, 1.82) is 0 Å². The number of carbonyl (C=O) groups is 1. The molecule has 1 fully saturated rings. The van der Waals surface area contributed by atoms with E-state index in [2.05, 4.69) is 10.2 Å². The number of rotatable bonds is 10. The molecule has 0 spiro atoms. The predicted octanol–water partition coefficient (Wildman–Crippen LogP) is 4.15. The van der Waals surface area contributed by atoms with Crippen molar-refractivity contribution in [2.45, 2.75) is 38.7 Å². The van der Waals surface area contributed by atoms with Crippen LogP contribution in [0, 0.1) is 10.1 Å². The van der Waals surface area contributed by atoms with Crippen molar-refractivity contribution >= 4 is 11.6 Å². The molecule has 0 radical (unpaired) electrons. The highest BCUT2D eigenvalue weighted by molar-refractivity contribution is 5.84. The number of nitro groups is 1. The second-order valence-corrected chi connectivity index (χ2v) is 8.07. The zero-order valence-electron chi connectivity index (χ0n) is 18.0. The van der Waals surface area contributed by atoms with Crippen LogP contribution in [-0.4, -0.2) is 47.5 Å². The normalized spacial score (nSPS) is 14.3. The van der Waals surface area contributed by atoms with Gasteiger partial charge in [-0.2, -0.15) is 0 Å². The quantitative estimate of drug-likeness (QED) is 0.348. The van der Waals surface area contributed by atoms with Crippen LogP contribution in [0.25, 0.3) is 0 Å². The van der Waals surface area contributed by atoms with Crippen molar-refractivity contribution in [2.24, 2.45) is 0 Å². The second kappa shape index (κ2) is 10.3. The lowest BCUT2D eigenvalue weighted by atomic mass is 10.1. The Bertz CT molecular complexity index is 892. The van der Waals surface area contributed by atoms with Crippen molar-refractivity contribution in [1.82, 2.24) is 10.2 Å². The number of para-hydroxylation sites is 2. The molecule has 1 N–H and O–H groups in total. The first-order valence-corrected chi connectivity index (χ1v) is 10.6. The topological polar surface area (TPSA) is 93.9 Å². The molecule has 1 amide bonds. The van der Waals surface area contributed by atoms with Gasteiger partial charge in [0.05, 0.1) is 4.92 Å². The maximum absolute atomic E-state index is 12.7. The predicted molar refractivity (Wildman–Crippen MR) is 118 cm³/mol.